The lowest BCUT2D eigenvalue weighted by Gasteiger charge is -2.11. The van der Waals surface area contributed by atoms with Crippen LogP contribution in [0.2, 0.25) is 0 Å². The Morgan fingerprint density at radius 2 is 1.52 bits per heavy atom. The van der Waals surface area contributed by atoms with Crippen LogP contribution in [0, 0.1) is 6.92 Å². The van der Waals surface area contributed by atoms with Crippen LogP contribution in [-0.2, 0) is 19.9 Å². The van der Waals surface area contributed by atoms with Crippen LogP contribution in [0.1, 0.15) is 5.56 Å². The van der Waals surface area contributed by atoms with E-state index in [-0.39, 0.29) is 9.79 Å². The first kappa shape index (κ1) is 15.5. The van der Waals surface area contributed by atoms with E-state index in [1.807, 2.05) is 0 Å². The molecule has 0 aliphatic carbocycles. The van der Waals surface area contributed by atoms with Crippen LogP contribution in [0.3, 0.4) is 0 Å². The Kier molecular flexibility index (Phi) is 4.06. The second-order valence-corrected chi connectivity index (χ2v) is 8.34. The molecule has 0 amide bonds. The number of hydrogen-bond donors (Lipinski definition) is 1. The molecule has 0 spiro atoms. The van der Waals surface area contributed by atoms with Gasteiger partial charge in [0.15, 0.2) is 9.84 Å². The van der Waals surface area contributed by atoms with Gasteiger partial charge in [0.2, 0.25) is 0 Å². The molecule has 0 aromatic heterocycles. The van der Waals surface area contributed by atoms with Gasteiger partial charge in [-0.25, -0.2) is 16.8 Å². The summed E-state index contributed by atoms with van der Waals surface area (Å²) in [6.07, 6.45) is 1.04. The Hall–Kier alpha value is -1.86. The van der Waals surface area contributed by atoms with E-state index in [2.05, 4.69) is 4.72 Å². The summed E-state index contributed by atoms with van der Waals surface area (Å²) in [7, 11) is -7.31. The summed E-state index contributed by atoms with van der Waals surface area (Å²) in [5.74, 6) is 0. The van der Waals surface area contributed by atoms with Crippen molar-refractivity contribution in [1.82, 2.24) is 0 Å². The Labute approximate surface area is 124 Å². The van der Waals surface area contributed by atoms with Crippen molar-refractivity contribution in [3.63, 3.8) is 0 Å². The van der Waals surface area contributed by atoms with Gasteiger partial charge in [0, 0.05) is 11.9 Å². The molecule has 0 atom stereocenters. The zero-order valence-corrected chi connectivity index (χ0v) is 13.2. The first-order valence-electron chi connectivity index (χ1n) is 6.09. The van der Waals surface area contributed by atoms with Crippen molar-refractivity contribution in [1.29, 1.82) is 0 Å². The van der Waals surface area contributed by atoms with E-state index in [9.17, 15) is 16.8 Å². The van der Waals surface area contributed by atoms with Crippen molar-refractivity contribution in [3.8, 4) is 0 Å². The molecule has 112 valence electrons. The summed E-state index contributed by atoms with van der Waals surface area (Å²) >= 11 is 0. The average Bonchev–Trinajstić information content (AvgIpc) is 2.38. The van der Waals surface area contributed by atoms with Crippen LogP contribution < -0.4 is 4.72 Å². The van der Waals surface area contributed by atoms with E-state index < -0.39 is 19.9 Å². The average molecular weight is 325 g/mol. The normalized spacial score (nSPS) is 12.1. The lowest BCUT2D eigenvalue weighted by atomic mass is 10.2. The van der Waals surface area contributed by atoms with E-state index >= 15 is 0 Å². The first-order chi connectivity index (χ1) is 9.70. The molecule has 0 saturated heterocycles. The van der Waals surface area contributed by atoms with Gasteiger partial charge in [0.05, 0.1) is 9.79 Å². The highest BCUT2D eigenvalue weighted by Gasteiger charge is 2.19. The molecule has 0 aliphatic heterocycles. The molecule has 0 aliphatic rings. The topological polar surface area (TPSA) is 80.3 Å². The fourth-order valence-electron chi connectivity index (χ4n) is 1.82. The molecule has 0 unspecified atom stereocenters. The highest BCUT2D eigenvalue weighted by atomic mass is 32.2. The Bertz CT molecular complexity index is 857. The maximum Gasteiger partial charge on any atom is 0.262 e. The fourth-order valence-corrected chi connectivity index (χ4v) is 3.87. The highest BCUT2D eigenvalue weighted by molar-refractivity contribution is 7.93. The lowest BCUT2D eigenvalue weighted by molar-refractivity contribution is 0.599. The maximum atomic E-state index is 12.4. The predicted molar refractivity (Wildman–Crippen MR) is 81.5 cm³/mol. The molecule has 0 heterocycles. The molecule has 21 heavy (non-hydrogen) atoms. The Morgan fingerprint density at radius 3 is 2.10 bits per heavy atom. The summed E-state index contributed by atoms with van der Waals surface area (Å²) in [6.45, 7) is 1.62. The number of sulfonamides is 1. The molecule has 0 radical (unpaired) electrons. The Balaban J connectivity index is 2.50. The van der Waals surface area contributed by atoms with E-state index in [1.165, 1.54) is 18.2 Å². The second kappa shape index (κ2) is 5.50. The molecule has 2 aromatic carbocycles. The molecular formula is C14H15NO4S2. The van der Waals surface area contributed by atoms with Gasteiger partial charge in [-0.1, -0.05) is 24.3 Å². The number of para-hydroxylation sites is 1. The monoisotopic (exact) mass is 325 g/mol. The predicted octanol–water partition coefficient (Wildman–Crippen LogP) is 2.20. The molecular weight excluding hydrogens is 310 g/mol. The number of hydrogen-bond acceptors (Lipinski definition) is 4. The largest absolute Gasteiger partial charge is 0.280 e. The van der Waals surface area contributed by atoms with E-state index in [0.29, 0.717) is 11.3 Å². The van der Waals surface area contributed by atoms with Crippen molar-refractivity contribution in [2.75, 3.05) is 11.0 Å². The highest BCUT2D eigenvalue weighted by Crippen LogP contribution is 2.22. The summed E-state index contributed by atoms with van der Waals surface area (Å²) in [5, 5.41) is 0. The standard InChI is InChI=1S/C14H15NO4S2/c1-11-8-9-13(20(2,16)17)10-14(11)21(18,19)15-12-6-4-3-5-7-12/h3-10,15H,1-2H3. The second-order valence-electron chi connectivity index (χ2n) is 4.67. The third-order valence-electron chi connectivity index (χ3n) is 2.90. The van der Waals surface area contributed by atoms with Crippen molar-refractivity contribution in [3.05, 3.63) is 54.1 Å². The molecule has 7 heteroatoms. The van der Waals surface area contributed by atoms with Crippen molar-refractivity contribution >= 4 is 25.5 Å². The van der Waals surface area contributed by atoms with Crippen molar-refractivity contribution in [2.45, 2.75) is 16.7 Å². The van der Waals surface area contributed by atoms with Gasteiger partial charge in [0.1, 0.15) is 0 Å². The minimum atomic E-state index is -3.84. The molecule has 1 N–H and O–H groups in total. The minimum absolute atomic E-state index is 0.0264. The number of nitrogens with one attached hydrogen (secondary N) is 1. The van der Waals surface area contributed by atoms with Crippen LogP contribution in [-0.4, -0.2) is 23.1 Å². The number of aryl methyl sites for hydroxylation is 1. The van der Waals surface area contributed by atoms with Crippen molar-refractivity contribution in [2.24, 2.45) is 0 Å². The summed E-state index contributed by atoms with van der Waals surface area (Å²) < 4.78 is 50.4. The smallest absolute Gasteiger partial charge is 0.262 e. The summed E-state index contributed by atoms with van der Waals surface area (Å²) in [6, 6.07) is 12.5. The molecule has 2 rings (SSSR count). The molecule has 0 fully saturated rings. The SMILES string of the molecule is Cc1ccc(S(C)(=O)=O)cc1S(=O)(=O)Nc1ccccc1. The number of rotatable bonds is 4. The van der Waals surface area contributed by atoms with E-state index in [1.54, 1.807) is 37.3 Å². The quantitative estimate of drug-likeness (QED) is 0.934. The number of sulfone groups is 1. The number of anilines is 1. The van der Waals surface area contributed by atoms with Crippen LogP contribution in [0.15, 0.2) is 58.3 Å². The Morgan fingerprint density at radius 1 is 0.905 bits per heavy atom. The van der Waals surface area contributed by atoms with E-state index in [0.717, 1.165) is 6.26 Å². The lowest BCUT2D eigenvalue weighted by Crippen LogP contribution is -2.15. The van der Waals surface area contributed by atoms with Gasteiger partial charge in [-0.3, -0.25) is 4.72 Å². The van der Waals surface area contributed by atoms with E-state index in [4.69, 9.17) is 0 Å². The van der Waals surface area contributed by atoms with Crippen LogP contribution >= 0.6 is 0 Å². The fraction of sp³-hybridized carbons (Fsp3) is 0.143. The zero-order chi connectivity index (χ0) is 15.7. The van der Waals surface area contributed by atoms with Gasteiger partial charge in [-0.15, -0.1) is 0 Å². The zero-order valence-electron chi connectivity index (χ0n) is 11.6. The first-order valence-corrected chi connectivity index (χ1v) is 9.46. The van der Waals surface area contributed by atoms with Gasteiger partial charge in [0.25, 0.3) is 10.0 Å². The minimum Gasteiger partial charge on any atom is -0.280 e. The third kappa shape index (κ3) is 3.62. The van der Waals surface area contributed by atoms with Crippen molar-refractivity contribution < 1.29 is 16.8 Å². The van der Waals surface area contributed by atoms with Gasteiger partial charge in [-0.2, -0.15) is 0 Å². The van der Waals surface area contributed by atoms with Crippen LogP contribution in [0.4, 0.5) is 5.69 Å². The van der Waals surface area contributed by atoms with Crippen LogP contribution in [0.5, 0.6) is 0 Å². The van der Waals surface area contributed by atoms with Gasteiger partial charge >= 0.3 is 0 Å². The van der Waals surface area contributed by atoms with Gasteiger partial charge in [-0.05, 0) is 36.8 Å². The van der Waals surface area contributed by atoms with Crippen LogP contribution in [0.25, 0.3) is 0 Å². The number of benzene rings is 2. The summed E-state index contributed by atoms with van der Waals surface area (Å²) in [5.41, 5.74) is 0.896. The molecule has 0 bridgehead atoms. The molecule has 5 nitrogen and oxygen atoms in total. The van der Waals surface area contributed by atoms with Gasteiger partial charge < -0.3 is 0 Å². The third-order valence-corrected chi connectivity index (χ3v) is 5.54. The summed E-state index contributed by atoms with van der Waals surface area (Å²) in [4.78, 5) is -0.0733. The molecule has 2 aromatic rings. The maximum absolute atomic E-state index is 12.4. The molecule has 0 saturated carbocycles.